The zero-order chi connectivity index (χ0) is 9.31. The molecule has 1 aliphatic carbocycles. The van der Waals surface area contributed by atoms with E-state index in [0.717, 1.165) is 5.92 Å². The highest BCUT2D eigenvalue weighted by atomic mass is 14.9. The van der Waals surface area contributed by atoms with Gasteiger partial charge < -0.3 is 5.73 Å². The first kappa shape index (κ1) is 8.76. The molecule has 1 heteroatoms. The minimum atomic E-state index is 0.0112. The third-order valence-electron chi connectivity index (χ3n) is 3.10. The second-order valence-electron chi connectivity index (χ2n) is 4.10. The fourth-order valence-electron chi connectivity index (χ4n) is 2.16. The van der Waals surface area contributed by atoms with Gasteiger partial charge in [0.25, 0.3) is 0 Å². The summed E-state index contributed by atoms with van der Waals surface area (Å²) in [6, 6.07) is 10.5. The number of rotatable bonds is 3. The van der Waals surface area contributed by atoms with E-state index in [1.54, 1.807) is 0 Å². The Morgan fingerprint density at radius 3 is 2.69 bits per heavy atom. The average Bonchev–Trinajstić information content (AvgIpc) is 2.81. The van der Waals surface area contributed by atoms with E-state index in [9.17, 15) is 0 Å². The molecule has 2 N–H and O–H groups in total. The quantitative estimate of drug-likeness (QED) is 0.751. The lowest BCUT2D eigenvalue weighted by Gasteiger charge is -2.11. The van der Waals surface area contributed by atoms with Crippen molar-refractivity contribution in [3.63, 3.8) is 0 Å². The van der Waals surface area contributed by atoms with Crippen LogP contribution in [0.25, 0.3) is 0 Å². The van der Waals surface area contributed by atoms with E-state index in [1.165, 1.54) is 24.8 Å². The van der Waals surface area contributed by atoms with Gasteiger partial charge in [0.15, 0.2) is 0 Å². The average molecular weight is 175 g/mol. The molecular weight excluding hydrogens is 158 g/mol. The molecule has 70 valence electrons. The van der Waals surface area contributed by atoms with Crippen molar-refractivity contribution in [1.29, 1.82) is 0 Å². The van der Waals surface area contributed by atoms with Gasteiger partial charge in [-0.2, -0.15) is 0 Å². The first-order valence-corrected chi connectivity index (χ1v) is 5.12. The Morgan fingerprint density at radius 1 is 1.38 bits per heavy atom. The molecule has 0 aromatic heterocycles. The van der Waals surface area contributed by atoms with E-state index in [-0.39, 0.29) is 5.54 Å². The van der Waals surface area contributed by atoms with E-state index in [2.05, 4.69) is 31.2 Å². The third-order valence-corrected chi connectivity index (χ3v) is 3.10. The van der Waals surface area contributed by atoms with Crippen LogP contribution in [0.5, 0.6) is 0 Å². The summed E-state index contributed by atoms with van der Waals surface area (Å²) in [4.78, 5) is 0. The van der Waals surface area contributed by atoms with Crippen LogP contribution in [0.2, 0.25) is 0 Å². The SMILES string of the molecule is CCCC1CC1(N)c1ccccc1. The number of nitrogens with two attached hydrogens (primary N) is 1. The van der Waals surface area contributed by atoms with Crippen LogP contribution in [0, 0.1) is 5.92 Å². The fourth-order valence-corrected chi connectivity index (χ4v) is 2.16. The number of benzene rings is 1. The topological polar surface area (TPSA) is 26.0 Å². The molecule has 2 atom stereocenters. The molecule has 1 aromatic carbocycles. The second kappa shape index (κ2) is 3.15. The zero-order valence-corrected chi connectivity index (χ0v) is 8.16. The molecule has 0 heterocycles. The van der Waals surface area contributed by atoms with Crippen LogP contribution < -0.4 is 5.73 Å². The number of hydrogen-bond acceptors (Lipinski definition) is 1. The molecular formula is C12H17N. The Labute approximate surface area is 80.0 Å². The normalized spacial score (nSPS) is 31.7. The Balaban J connectivity index is 2.11. The van der Waals surface area contributed by atoms with Crippen LogP contribution in [0.15, 0.2) is 30.3 Å². The Kier molecular flexibility index (Phi) is 2.12. The summed E-state index contributed by atoms with van der Waals surface area (Å²) < 4.78 is 0. The maximum atomic E-state index is 6.30. The zero-order valence-electron chi connectivity index (χ0n) is 8.16. The standard InChI is InChI=1S/C12H17N/c1-2-6-11-9-12(11,13)10-7-4-3-5-8-10/h3-5,7-8,11H,2,6,9,13H2,1H3. The van der Waals surface area contributed by atoms with Gasteiger partial charge in [0.2, 0.25) is 0 Å². The maximum absolute atomic E-state index is 6.30. The van der Waals surface area contributed by atoms with Gasteiger partial charge in [-0.15, -0.1) is 0 Å². The minimum Gasteiger partial charge on any atom is -0.321 e. The van der Waals surface area contributed by atoms with E-state index in [1.807, 2.05) is 6.07 Å². The molecule has 1 aliphatic rings. The molecule has 1 fully saturated rings. The van der Waals surface area contributed by atoms with Gasteiger partial charge in [0.1, 0.15) is 0 Å². The molecule has 0 aliphatic heterocycles. The summed E-state index contributed by atoms with van der Waals surface area (Å²) in [6.45, 7) is 2.23. The summed E-state index contributed by atoms with van der Waals surface area (Å²) in [5, 5.41) is 0. The van der Waals surface area contributed by atoms with Gasteiger partial charge in [0.05, 0.1) is 0 Å². The molecule has 0 bridgehead atoms. The predicted molar refractivity (Wildman–Crippen MR) is 55.3 cm³/mol. The third kappa shape index (κ3) is 1.49. The van der Waals surface area contributed by atoms with Crippen molar-refractivity contribution in [2.24, 2.45) is 11.7 Å². The monoisotopic (exact) mass is 175 g/mol. The van der Waals surface area contributed by atoms with E-state index >= 15 is 0 Å². The van der Waals surface area contributed by atoms with Crippen LogP contribution in [0.3, 0.4) is 0 Å². The Hall–Kier alpha value is -0.820. The van der Waals surface area contributed by atoms with Crippen LogP contribution in [-0.2, 0) is 5.54 Å². The summed E-state index contributed by atoms with van der Waals surface area (Å²) in [7, 11) is 0. The van der Waals surface area contributed by atoms with Gasteiger partial charge in [0, 0.05) is 5.54 Å². The van der Waals surface area contributed by atoms with Gasteiger partial charge in [-0.3, -0.25) is 0 Å². The highest BCUT2D eigenvalue weighted by Crippen LogP contribution is 2.51. The van der Waals surface area contributed by atoms with Gasteiger partial charge in [-0.25, -0.2) is 0 Å². The highest BCUT2D eigenvalue weighted by molar-refractivity contribution is 5.31. The van der Waals surface area contributed by atoms with E-state index in [4.69, 9.17) is 5.73 Å². The summed E-state index contributed by atoms with van der Waals surface area (Å²) >= 11 is 0. The van der Waals surface area contributed by atoms with Crippen molar-refractivity contribution < 1.29 is 0 Å². The van der Waals surface area contributed by atoms with Crippen molar-refractivity contribution in [2.45, 2.75) is 31.7 Å². The smallest absolute Gasteiger partial charge is 0.0442 e. The van der Waals surface area contributed by atoms with Crippen molar-refractivity contribution in [3.8, 4) is 0 Å². The van der Waals surface area contributed by atoms with Gasteiger partial charge in [-0.1, -0.05) is 43.7 Å². The first-order chi connectivity index (χ1) is 6.27. The van der Waals surface area contributed by atoms with Crippen molar-refractivity contribution >= 4 is 0 Å². The van der Waals surface area contributed by atoms with Crippen molar-refractivity contribution in [2.75, 3.05) is 0 Å². The van der Waals surface area contributed by atoms with Crippen LogP contribution in [0.1, 0.15) is 31.7 Å². The first-order valence-electron chi connectivity index (χ1n) is 5.12. The molecule has 0 amide bonds. The molecule has 1 aromatic rings. The molecule has 13 heavy (non-hydrogen) atoms. The highest BCUT2D eigenvalue weighted by Gasteiger charge is 2.50. The Morgan fingerprint density at radius 2 is 2.08 bits per heavy atom. The van der Waals surface area contributed by atoms with E-state index in [0.29, 0.717) is 0 Å². The molecule has 1 saturated carbocycles. The van der Waals surface area contributed by atoms with Crippen molar-refractivity contribution in [3.05, 3.63) is 35.9 Å². The summed E-state index contributed by atoms with van der Waals surface area (Å²) in [5.74, 6) is 0.722. The molecule has 1 nitrogen and oxygen atoms in total. The minimum absolute atomic E-state index is 0.0112. The lowest BCUT2D eigenvalue weighted by molar-refractivity contribution is 0.583. The maximum Gasteiger partial charge on any atom is 0.0442 e. The van der Waals surface area contributed by atoms with Crippen LogP contribution in [0.4, 0.5) is 0 Å². The lowest BCUT2D eigenvalue weighted by Crippen LogP contribution is -2.21. The van der Waals surface area contributed by atoms with E-state index < -0.39 is 0 Å². The molecule has 0 spiro atoms. The summed E-state index contributed by atoms with van der Waals surface area (Å²) in [6.07, 6.45) is 3.69. The molecule has 2 unspecified atom stereocenters. The van der Waals surface area contributed by atoms with Gasteiger partial charge in [-0.05, 0) is 24.3 Å². The molecule has 0 radical (unpaired) electrons. The Bertz CT molecular complexity index is 280. The van der Waals surface area contributed by atoms with Crippen molar-refractivity contribution in [1.82, 2.24) is 0 Å². The molecule has 2 rings (SSSR count). The molecule has 0 saturated heterocycles. The predicted octanol–water partition coefficient (Wildman–Crippen LogP) is 2.66. The lowest BCUT2D eigenvalue weighted by atomic mass is 10.0. The fraction of sp³-hybridized carbons (Fsp3) is 0.500. The van der Waals surface area contributed by atoms with Gasteiger partial charge >= 0.3 is 0 Å². The van der Waals surface area contributed by atoms with Crippen LogP contribution >= 0.6 is 0 Å². The largest absolute Gasteiger partial charge is 0.321 e. The second-order valence-corrected chi connectivity index (χ2v) is 4.10. The summed E-state index contributed by atoms with van der Waals surface area (Å²) in [5.41, 5.74) is 7.62. The number of hydrogen-bond donors (Lipinski definition) is 1. The van der Waals surface area contributed by atoms with Crippen LogP contribution in [-0.4, -0.2) is 0 Å².